The highest BCUT2D eigenvalue weighted by Crippen LogP contribution is 2.19. The molecule has 0 aromatic rings. The lowest BCUT2D eigenvalue weighted by Crippen LogP contribution is -2.27. The Balaban J connectivity index is 1.57. The van der Waals surface area contributed by atoms with Crippen LogP contribution in [0, 0.1) is 5.92 Å². The number of unbranched alkanes of at least 4 members (excludes halogenated alkanes) is 1. The summed E-state index contributed by atoms with van der Waals surface area (Å²) in [6.07, 6.45) is 5.74. The largest absolute Gasteiger partial charge is 0.342 e. The van der Waals surface area contributed by atoms with E-state index in [1.165, 1.54) is 38.9 Å². The van der Waals surface area contributed by atoms with Crippen LogP contribution >= 0.6 is 11.6 Å². The summed E-state index contributed by atoms with van der Waals surface area (Å²) >= 11 is 5.80. The van der Waals surface area contributed by atoms with E-state index >= 15 is 0 Å². The van der Waals surface area contributed by atoms with Crippen molar-refractivity contribution in [2.75, 3.05) is 38.6 Å². The number of hydrogen-bond acceptors (Lipinski definition) is 2. The number of hydrogen-bond donors (Lipinski definition) is 0. The number of amides is 1. The molecule has 1 unspecified atom stereocenters. The van der Waals surface area contributed by atoms with Crippen LogP contribution in [0.3, 0.4) is 0 Å². The lowest BCUT2D eigenvalue weighted by molar-refractivity contribution is -0.127. The molecule has 2 aliphatic rings. The fraction of sp³-hybridized carbons (Fsp3) is 0.923. The Morgan fingerprint density at radius 2 is 1.88 bits per heavy atom. The van der Waals surface area contributed by atoms with E-state index in [-0.39, 0.29) is 0 Å². The highest BCUT2D eigenvalue weighted by Gasteiger charge is 2.28. The summed E-state index contributed by atoms with van der Waals surface area (Å²) in [4.78, 5) is 16.2. The standard InChI is InChI=1S/C13H23ClN2O/c14-10-12-9-13(17)16(11-12)8-4-3-7-15-5-1-2-6-15/h12H,1-11H2. The fourth-order valence-corrected chi connectivity index (χ4v) is 3.02. The van der Waals surface area contributed by atoms with Gasteiger partial charge in [-0.1, -0.05) is 0 Å². The predicted molar refractivity (Wildman–Crippen MR) is 70.3 cm³/mol. The lowest BCUT2D eigenvalue weighted by atomic mass is 10.1. The van der Waals surface area contributed by atoms with Gasteiger partial charge in [-0.3, -0.25) is 4.79 Å². The molecule has 0 aromatic carbocycles. The molecule has 0 spiro atoms. The van der Waals surface area contributed by atoms with Crippen LogP contribution < -0.4 is 0 Å². The monoisotopic (exact) mass is 258 g/mol. The maximum Gasteiger partial charge on any atom is 0.222 e. The van der Waals surface area contributed by atoms with Gasteiger partial charge >= 0.3 is 0 Å². The summed E-state index contributed by atoms with van der Waals surface area (Å²) in [5.74, 6) is 1.32. The second-order valence-electron chi connectivity index (χ2n) is 5.32. The van der Waals surface area contributed by atoms with Crippen molar-refractivity contribution >= 4 is 17.5 Å². The zero-order valence-corrected chi connectivity index (χ0v) is 11.3. The maximum absolute atomic E-state index is 11.7. The van der Waals surface area contributed by atoms with Crippen molar-refractivity contribution in [3.05, 3.63) is 0 Å². The van der Waals surface area contributed by atoms with Gasteiger partial charge in [-0.15, -0.1) is 11.6 Å². The Bertz CT molecular complexity index is 254. The lowest BCUT2D eigenvalue weighted by Gasteiger charge is -2.18. The molecular weight excluding hydrogens is 236 g/mol. The molecule has 17 heavy (non-hydrogen) atoms. The van der Waals surface area contributed by atoms with Gasteiger partial charge in [0.1, 0.15) is 0 Å². The molecule has 4 heteroatoms. The molecule has 2 fully saturated rings. The molecule has 0 bridgehead atoms. The van der Waals surface area contributed by atoms with Gasteiger partial charge in [0.05, 0.1) is 0 Å². The summed E-state index contributed by atoms with van der Waals surface area (Å²) < 4.78 is 0. The molecule has 0 aliphatic carbocycles. The molecule has 2 rings (SSSR count). The van der Waals surface area contributed by atoms with E-state index in [1.807, 2.05) is 4.90 Å². The molecular formula is C13H23ClN2O. The molecule has 1 amide bonds. The van der Waals surface area contributed by atoms with E-state index in [9.17, 15) is 4.79 Å². The number of carbonyl (C=O) groups is 1. The minimum atomic E-state index is 0.303. The second kappa shape index (κ2) is 6.60. The van der Waals surface area contributed by atoms with E-state index in [0.717, 1.165) is 19.5 Å². The highest BCUT2D eigenvalue weighted by atomic mass is 35.5. The third-order valence-electron chi connectivity index (χ3n) is 3.86. The van der Waals surface area contributed by atoms with Crippen molar-refractivity contribution in [2.24, 2.45) is 5.92 Å². The maximum atomic E-state index is 11.7. The Kier molecular flexibility index (Phi) is 5.11. The smallest absolute Gasteiger partial charge is 0.222 e. The summed E-state index contributed by atoms with van der Waals surface area (Å²) in [6.45, 7) is 5.57. The van der Waals surface area contributed by atoms with Crippen LogP contribution in [0.4, 0.5) is 0 Å². The molecule has 2 saturated heterocycles. The van der Waals surface area contributed by atoms with Crippen LogP contribution in [-0.4, -0.2) is 54.3 Å². The molecule has 98 valence electrons. The van der Waals surface area contributed by atoms with Gasteiger partial charge in [-0.2, -0.15) is 0 Å². The van der Waals surface area contributed by atoms with Gasteiger partial charge in [0.25, 0.3) is 0 Å². The summed E-state index contributed by atoms with van der Waals surface area (Å²) in [7, 11) is 0. The molecule has 0 saturated carbocycles. The van der Waals surface area contributed by atoms with Crippen LogP contribution in [0.25, 0.3) is 0 Å². The van der Waals surface area contributed by atoms with E-state index in [0.29, 0.717) is 24.1 Å². The van der Waals surface area contributed by atoms with Crippen molar-refractivity contribution in [1.82, 2.24) is 9.80 Å². The van der Waals surface area contributed by atoms with E-state index in [1.54, 1.807) is 0 Å². The number of carbonyl (C=O) groups excluding carboxylic acids is 1. The number of rotatable bonds is 6. The normalized spacial score (nSPS) is 26.1. The Hall–Kier alpha value is -0.280. The van der Waals surface area contributed by atoms with Crippen LogP contribution in [-0.2, 0) is 4.79 Å². The third kappa shape index (κ3) is 3.85. The molecule has 1 atom stereocenters. The van der Waals surface area contributed by atoms with Gasteiger partial charge in [-0.05, 0) is 51.2 Å². The predicted octanol–water partition coefficient (Wildman–Crippen LogP) is 1.95. The number of halogens is 1. The molecule has 0 radical (unpaired) electrons. The van der Waals surface area contributed by atoms with Crippen LogP contribution in [0.15, 0.2) is 0 Å². The molecule has 2 aliphatic heterocycles. The third-order valence-corrected chi connectivity index (χ3v) is 4.30. The Morgan fingerprint density at radius 1 is 1.18 bits per heavy atom. The second-order valence-corrected chi connectivity index (χ2v) is 5.63. The summed E-state index contributed by atoms with van der Waals surface area (Å²) in [5, 5.41) is 0. The van der Waals surface area contributed by atoms with Crippen LogP contribution in [0.1, 0.15) is 32.1 Å². The van der Waals surface area contributed by atoms with Crippen molar-refractivity contribution in [1.29, 1.82) is 0 Å². The first-order chi connectivity index (χ1) is 8.29. The molecule has 2 heterocycles. The van der Waals surface area contributed by atoms with Gasteiger partial charge in [0.15, 0.2) is 0 Å². The van der Waals surface area contributed by atoms with Gasteiger partial charge in [0.2, 0.25) is 5.91 Å². The molecule has 3 nitrogen and oxygen atoms in total. The fourth-order valence-electron chi connectivity index (χ4n) is 2.82. The highest BCUT2D eigenvalue weighted by molar-refractivity contribution is 6.18. The van der Waals surface area contributed by atoms with Crippen molar-refractivity contribution in [3.8, 4) is 0 Å². The Labute approximate surface area is 109 Å². The number of alkyl halides is 1. The van der Waals surface area contributed by atoms with Crippen molar-refractivity contribution in [3.63, 3.8) is 0 Å². The average molecular weight is 259 g/mol. The van der Waals surface area contributed by atoms with Crippen LogP contribution in [0.2, 0.25) is 0 Å². The summed E-state index contributed by atoms with van der Waals surface area (Å²) in [6, 6.07) is 0. The quantitative estimate of drug-likeness (QED) is 0.537. The minimum absolute atomic E-state index is 0.303. The van der Waals surface area contributed by atoms with E-state index in [2.05, 4.69) is 4.90 Å². The van der Waals surface area contributed by atoms with Gasteiger partial charge in [0, 0.05) is 25.4 Å². The molecule has 0 N–H and O–H groups in total. The minimum Gasteiger partial charge on any atom is -0.342 e. The van der Waals surface area contributed by atoms with Gasteiger partial charge in [-0.25, -0.2) is 0 Å². The number of likely N-dealkylation sites (tertiary alicyclic amines) is 2. The van der Waals surface area contributed by atoms with E-state index < -0.39 is 0 Å². The Morgan fingerprint density at radius 3 is 2.53 bits per heavy atom. The SMILES string of the molecule is O=C1CC(CCl)CN1CCCCN1CCCC1. The van der Waals surface area contributed by atoms with Gasteiger partial charge < -0.3 is 9.80 Å². The molecule has 0 aromatic heterocycles. The van der Waals surface area contributed by atoms with E-state index in [4.69, 9.17) is 11.6 Å². The topological polar surface area (TPSA) is 23.6 Å². The first-order valence-corrected chi connectivity index (χ1v) is 7.39. The van der Waals surface area contributed by atoms with Crippen molar-refractivity contribution < 1.29 is 4.79 Å². The zero-order valence-electron chi connectivity index (χ0n) is 10.5. The van der Waals surface area contributed by atoms with Crippen molar-refractivity contribution in [2.45, 2.75) is 32.1 Å². The first kappa shape index (κ1) is 13.2. The number of nitrogens with zero attached hydrogens (tertiary/aromatic N) is 2. The zero-order chi connectivity index (χ0) is 12.1. The average Bonchev–Trinajstić information content (AvgIpc) is 2.94. The van der Waals surface area contributed by atoms with Crippen LogP contribution in [0.5, 0.6) is 0 Å². The first-order valence-electron chi connectivity index (χ1n) is 6.85. The summed E-state index contributed by atoms with van der Waals surface area (Å²) in [5.41, 5.74) is 0.